The van der Waals surface area contributed by atoms with E-state index in [0.717, 1.165) is 5.56 Å². The predicted octanol–water partition coefficient (Wildman–Crippen LogP) is 3.91. The number of ether oxygens (including phenoxy) is 4. The lowest BCUT2D eigenvalue weighted by Gasteiger charge is -2.26. The molecular weight excluding hydrogens is 308 g/mol. The number of hydrogen-bond donors (Lipinski definition) is 0. The number of carbonyl (C=O) groups excluding carboxylic acids is 1. The van der Waals surface area contributed by atoms with Crippen molar-refractivity contribution in [2.45, 2.75) is 32.5 Å². The standard InChI is InChI=1S/C19H18O5/c1-11(2)23-13-4-5-14-15(20)9-17(24-18(14)8-13)12-3-6-16-19(7-12)22-10-21-16/h3-8,11,17H,9-10H2,1-2H3. The fourth-order valence-corrected chi connectivity index (χ4v) is 2.95. The molecule has 0 saturated heterocycles. The van der Waals surface area contributed by atoms with Gasteiger partial charge in [-0.1, -0.05) is 6.07 Å². The van der Waals surface area contributed by atoms with Crippen molar-refractivity contribution < 1.29 is 23.7 Å². The third kappa shape index (κ3) is 2.66. The van der Waals surface area contributed by atoms with Crippen molar-refractivity contribution in [2.24, 2.45) is 0 Å². The molecule has 0 radical (unpaired) electrons. The average Bonchev–Trinajstić information content (AvgIpc) is 3.01. The monoisotopic (exact) mass is 326 g/mol. The minimum absolute atomic E-state index is 0.0620. The Labute approximate surface area is 140 Å². The van der Waals surface area contributed by atoms with Crippen molar-refractivity contribution in [3.05, 3.63) is 47.5 Å². The van der Waals surface area contributed by atoms with Crippen molar-refractivity contribution in [1.82, 2.24) is 0 Å². The molecule has 0 amide bonds. The van der Waals surface area contributed by atoms with Crippen LogP contribution >= 0.6 is 0 Å². The van der Waals surface area contributed by atoms with E-state index < -0.39 is 0 Å². The molecule has 2 aromatic carbocycles. The van der Waals surface area contributed by atoms with Crippen molar-refractivity contribution in [2.75, 3.05) is 6.79 Å². The highest BCUT2D eigenvalue weighted by atomic mass is 16.7. The van der Waals surface area contributed by atoms with Gasteiger partial charge < -0.3 is 18.9 Å². The number of hydrogen-bond acceptors (Lipinski definition) is 5. The molecule has 0 aliphatic carbocycles. The van der Waals surface area contributed by atoms with Crippen LogP contribution in [-0.4, -0.2) is 18.7 Å². The van der Waals surface area contributed by atoms with Crippen LogP contribution in [0.25, 0.3) is 0 Å². The van der Waals surface area contributed by atoms with Gasteiger partial charge in [0.1, 0.15) is 17.6 Å². The molecule has 0 bridgehead atoms. The molecule has 24 heavy (non-hydrogen) atoms. The maximum Gasteiger partial charge on any atom is 0.231 e. The summed E-state index contributed by atoms with van der Waals surface area (Å²) in [5.74, 6) is 2.73. The highest BCUT2D eigenvalue weighted by Crippen LogP contribution is 2.40. The Kier molecular flexibility index (Phi) is 3.56. The minimum Gasteiger partial charge on any atom is -0.491 e. The summed E-state index contributed by atoms with van der Waals surface area (Å²) in [6.07, 6.45) is 0.0256. The van der Waals surface area contributed by atoms with Gasteiger partial charge in [-0.2, -0.15) is 0 Å². The zero-order valence-electron chi connectivity index (χ0n) is 13.6. The summed E-state index contributed by atoms with van der Waals surface area (Å²) < 4.78 is 22.5. The van der Waals surface area contributed by atoms with Gasteiger partial charge >= 0.3 is 0 Å². The van der Waals surface area contributed by atoms with Gasteiger partial charge in [-0.15, -0.1) is 0 Å². The zero-order chi connectivity index (χ0) is 16.7. The molecule has 5 nitrogen and oxygen atoms in total. The summed E-state index contributed by atoms with van der Waals surface area (Å²) >= 11 is 0. The Hall–Kier alpha value is -2.69. The van der Waals surface area contributed by atoms with Gasteiger partial charge in [0.25, 0.3) is 0 Å². The first kappa shape index (κ1) is 14.9. The van der Waals surface area contributed by atoms with Gasteiger partial charge in [0.05, 0.1) is 18.1 Å². The molecule has 0 fully saturated rings. The first-order chi connectivity index (χ1) is 11.6. The van der Waals surface area contributed by atoms with Gasteiger partial charge in [0.2, 0.25) is 6.79 Å². The van der Waals surface area contributed by atoms with Crippen LogP contribution in [0.2, 0.25) is 0 Å². The summed E-state index contributed by atoms with van der Waals surface area (Å²) in [5, 5.41) is 0. The van der Waals surface area contributed by atoms with Crippen LogP contribution in [0.5, 0.6) is 23.0 Å². The number of rotatable bonds is 3. The van der Waals surface area contributed by atoms with Gasteiger partial charge in [-0.3, -0.25) is 4.79 Å². The van der Waals surface area contributed by atoms with E-state index in [4.69, 9.17) is 18.9 Å². The van der Waals surface area contributed by atoms with Gasteiger partial charge in [0.15, 0.2) is 17.3 Å². The molecule has 4 rings (SSSR count). The van der Waals surface area contributed by atoms with Crippen LogP contribution in [0.3, 0.4) is 0 Å². The Bertz CT molecular complexity index is 796. The molecule has 0 aromatic heterocycles. The van der Waals surface area contributed by atoms with Gasteiger partial charge in [0, 0.05) is 6.07 Å². The molecular formula is C19H18O5. The normalized spacial score (nSPS) is 18.3. The second-order valence-electron chi connectivity index (χ2n) is 6.17. The van der Waals surface area contributed by atoms with E-state index >= 15 is 0 Å². The van der Waals surface area contributed by atoms with E-state index in [2.05, 4.69) is 0 Å². The number of Topliss-reactive ketones (excluding diaryl/α,β-unsaturated/α-hetero) is 1. The van der Waals surface area contributed by atoms with E-state index in [-0.39, 0.29) is 24.8 Å². The fourth-order valence-electron chi connectivity index (χ4n) is 2.95. The minimum atomic E-state index is -0.339. The first-order valence-corrected chi connectivity index (χ1v) is 8.00. The summed E-state index contributed by atoms with van der Waals surface area (Å²) in [5.41, 5.74) is 1.50. The second-order valence-corrected chi connectivity index (χ2v) is 6.17. The van der Waals surface area contributed by atoms with E-state index in [1.165, 1.54) is 0 Å². The molecule has 5 heteroatoms. The van der Waals surface area contributed by atoms with Crippen molar-refractivity contribution in [3.8, 4) is 23.0 Å². The topological polar surface area (TPSA) is 54.0 Å². The lowest BCUT2D eigenvalue weighted by Crippen LogP contribution is -2.20. The summed E-state index contributed by atoms with van der Waals surface area (Å²) in [6.45, 7) is 4.14. The molecule has 0 saturated carbocycles. The molecule has 2 heterocycles. The Morgan fingerprint density at radius 1 is 1.04 bits per heavy atom. The first-order valence-electron chi connectivity index (χ1n) is 8.00. The molecule has 2 aromatic rings. The highest BCUT2D eigenvalue weighted by Gasteiger charge is 2.29. The third-order valence-corrected chi connectivity index (χ3v) is 4.03. The predicted molar refractivity (Wildman–Crippen MR) is 87.1 cm³/mol. The smallest absolute Gasteiger partial charge is 0.231 e. The number of carbonyl (C=O) groups is 1. The fraction of sp³-hybridized carbons (Fsp3) is 0.316. The number of benzene rings is 2. The molecule has 1 unspecified atom stereocenters. The van der Waals surface area contributed by atoms with Crippen LogP contribution in [0, 0.1) is 0 Å². The van der Waals surface area contributed by atoms with E-state index in [1.54, 1.807) is 18.2 Å². The lowest BCUT2D eigenvalue weighted by molar-refractivity contribution is 0.0848. The molecule has 0 spiro atoms. The van der Waals surface area contributed by atoms with Crippen molar-refractivity contribution in [3.63, 3.8) is 0 Å². The molecule has 0 N–H and O–H groups in total. The van der Waals surface area contributed by atoms with Crippen molar-refractivity contribution in [1.29, 1.82) is 0 Å². The number of fused-ring (bicyclic) bond motifs is 2. The third-order valence-electron chi connectivity index (χ3n) is 4.03. The van der Waals surface area contributed by atoms with E-state index in [1.807, 2.05) is 32.0 Å². The van der Waals surface area contributed by atoms with Crippen LogP contribution < -0.4 is 18.9 Å². The summed E-state index contributed by atoms with van der Waals surface area (Å²) in [4.78, 5) is 12.5. The number of ketones is 1. The largest absolute Gasteiger partial charge is 0.491 e. The van der Waals surface area contributed by atoms with Crippen molar-refractivity contribution >= 4 is 5.78 Å². The maximum absolute atomic E-state index is 12.5. The Morgan fingerprint density at radius 2 is 1.88 bits per heavy atom. The lowest BCUT2D eigenvalue weighted by atomic mass is 9.96. The average molecular weight is 326 g/mol. The molecule has 2 aliphatic heterocycles. The summed E-state index contributed by atoms with van der Waals surface area (Å²) in [6, 6.07) is 11.0. The van der Waals surface area contributed by atoms with Gasteiger partial charge in [-0.25, -0.2) is 0 Å². The van der Waals surface area contributed by atoms with E-state index in [0.29, 0.717) is 35.0 Å². The van der Waals surface area contributed by atoms with Crippen LogP contribution in [-0.2, 0) is 0 Å². The van der Waals surface area contributed by atoms with E-state index in [9.17, 15) is 4.79 Å². The quantitative estimate of drug-likeness (QED) is 0.856. The summed E-state index contributed by atoms with van der Waals surface area (Å²) in [7, 11) is 0. The maximum atomic E-state index is 12.5. The molecule has 1 atom stereocenters. The van der Waals surface area contributed by atoms with Crippen LogP contribution in [0.1, 0.15) is 42.3 Å². The van der Waals surface area contributed by atoms with Gasteiger partial charge in [-0.05, 0) is 43.7 Å². The highest BCUT2D eigenvalue weighted by molar-refractivity contribution is 6.00. The molecule has 2 aliphatic rings. The zero-order valence-corrected chi connectivity index (χ0v) is 13.6. The second kappa shape index (κ2) is 5.74. The molecule has 124 valence electrons. The SMILES string of the molecule is CC(C)Oc1ccc2c(c1)OC(c1ccc3c(c1)OCO3)CC2=O. The van der Waals surface area contributed by atoms with Crippen LogP contribution in [0.4, 0.5) is 0 Å². The Morgan fingerprint density at radius 3 is 2.71 bits per heavy atom. The van der Waals surface area contributed by atoms with Crippen LogP contribution in [0.15, 0.2) is 36.4 Å². The Balaban J connectivity index is 1.63.